The van der Waals surface area contributed by atoms with Gasteiger partial charge in [0.2, 0.25) is 12.4 Å². The van der Waals surface area contributed by atoms with E-state index in [1.807, 2.05) is 19.9 Å². The molecule has 0 saturated carbocycles. The van der Waals surface area contributed by atoms with Gasteiger partial charge in [0, 0.05) is 18.2 Å². The summed E-state index contributed by atoms with van der Waals surface area (Å²) in [6, 6.07) is 7.31. The first-order chi connectivity index (χ1) is 20.3. The number of carbonyl (C=O) groups is 2. The van der Waals surface area contributed by atoms with E-state index in [0.29, 0.717) is 17.5 Å². The first kappa shape index (κ1) is 29.9. The molecule has 12 nitrogen and oxygen atoms in total. The number of phenolic OH excluding ortho intramolecular Hbond substituents is 1. The molecule has 228 valence electrons. The molecule has 2 aliphatic heterocycles. The van der Waals surface area contributed by atoms with Crippen LogP contribution in [0.3, 0.4) is 0 Å². The number of aryl methyl sites for hydroxylation is 1. The zero-order valence-corrected chi connectivity index (χ0v) is 24.5. The number of nitrogens with one attached hydrogen (secondary N) is 1. The van der Waals surface area contributed by atoms with E-state index in [1.54, 1.807) is 20.8 Å². The van der Waals surface area contributed by atoms with Crippen LogP contribution in [0, 0.1) is 6.92 Å². The van der Waals surface area contributed by atoms with Crippen LogP contribution in [0.15, 0.2) is 51.2 Å². The first-order valence-corrected chi connectivity index (χ1v) is 13.6. The number of rotatable bonds is 7. The molecule has 0 aliphatic carbocycles. The molecule has 2 saturated heterocycles. The summed E-state index contributed by atoms with van der Waals surface area (Å²) in [5.41, 5.74) is -0.221. The highest BCUT2D eigenvalue weighted by Crippen LogP contribution is 2.41. The van der Waals surface area contributed by atoms with Gasteiger partial charge in [-0.05, 0) is 76.9 Å². The quantitative estimate of drug-likeness (QED) is 0.197. The van der Waals surface area contributed by atoms with Gasteiger partial charge in [-0.25, -0.2) is 9.59 Å². The number of carbonyl (C=O) groups excluding carboxylic acids is 2. The topological polar surface area (TPSA) is 163 Å². The maximum Gasteiger partial charge on any atom is 0.509 e. The van der Waals surface area contributed by atoms with Gasteiger partial charge in [-0.3, -0.25) is 4.79 Å². The molecule has 0 bridgehead atoms. The Balaban J connectivity index is 1.42. The Kier molecular flexibility index (Phi) is 7.84. The van der Waals surface area contributed by atoms with Crippen molar-refractivity contribution in [1.82, 2.24) is 0 Å². The molecule has 0 unspecified atom stereocenters. The van der Waals surface area contributed by atoms with E-state index in [2.05, 4.69) is 5.32 Å². The molecule has 1 aromatic heterocycles. The molecule has 0 spiro atoms. The Hall–Kier alpha value is -4.55. The van der Waals surface area contributed by atoms with Gasteiger partial charge in [0.05, 0.1) is 11.0 Å². The lowest BCUT2D eigenvalue weighted by Crippen LogP contribution is -2.62. The minimum Gasteiger partial charge on any atom is -0.508 e. The number of amides is 1. The summed E-state index contributed by atoms with van der Waals surface area (Å²) in [7, 11) is 1.48. The molecular weight excluding hydrogens is 562 g/mol. The lowest BCUT2D eigenvalue weighted by Gasteiger charge is -2.45. The highest BCUT2D eigenvalue weighted by atomic mass is 16.8. The van der Waals surface area contributed by atoms with Gasteiger partial charge < -0.3 is 43.6 Å². The zero-order chi connectivity index (χ0) is 31.2. The van der Waals surface area contributed by atoms with Gasteiger partial charge in [0.1, 0.15) is 23.2 Å². The molecule has 12 heteroatoms. The van der Waals surface area contributed by atoms with Gasteiger partial charge in [-0.1, -0.05) is 11.6 Å². The fourth-order valence-corrected chi connectivity index (χ4v) is 5.29. The number of hydrogen-bond donors (Lipinski definition) is 3. The number of hydrogen-bond acceptors (Lipinski definition) is 11. The fraction of sp³-hybridized carbons (Fsp3) is 0.387. The summed E-state index contributed by atoms with van der Waals surface area (Å²) >= 11 is 0. The number of methoxy groups -OCH3 is 1. The molecule has 0 radical (unpaired) electrons. The molecule has 43 heavy (non-hydrogen) atoms. The van der Waals surface area contributed by atoms with E-state index in [1.165, 1.54) is 37.4 Å². The second-order valence-corrected chi connectivity index (χ2v) is 11.2. The van der Waals surface area contributed by atoms with Gasteiger partial charge in [0.15, 0.2) is 17.5 Å². The van der Waals surface area contributed by atoms with Crippen LogP contribution in [0.25, 0.3) is 11.0 Å². The average Bonchev–Trinajstić information content (AvgIpc) is 3.32. The van der Waals surface area contributed by atoms with Gasteiger partial charge in [-0.2, -0.15) is 0 Å². The Morgan fingerprint density at radius 2 is 1.81 bits per heavy atom. The van der Waals surface area contributed by atoms with Crippen LogP contribution >= 0.6 is 0 Å². The largest absolute Gasteiger partial charge is 0.509 e. The minimum atomic E-state index is -1.08. The number of ether oxygens (including phenoxy) is 5. The summed E-state index contributed by atoms with van der Waals surface area (Å²) < 4.78 is 33.9. The van der Waals surface area contributed by atoms with E-state index in [9.17, 15) is 24.6 Å². The highest BCUT2D eigenvalue weighted by Gasteiger charge is 2.59. The van der Waals surface area contributed by atoms with E-state index >= 15 is 0 Å². The van der Waals surface area contributed by atoms with Crippen LogP contribution in [0.5, 0.6) is 17.2 Å². The lowest BCUT2D eigenvalue weighted by molar-refractivity contribution is -0.282. The van der Waals surface area contributed by atoms with Crippen molar-refractivity contribution in [3.63, 3.8) is 0 Å². The normalized spacial score (nSPS) is 22.3. The Bertz CT molecular complexity index is 1690. The number of allylic oxidation sites excluding steroid dienone is 2. The third kappa shape index (κ3) is 5.63. The second-order valence-electron chi connectivity index (χ2n) is 11.2. The van der Waals surface area contributed by atoms with E-state index < -0.39 is 59.3 Å². The number of aromatic hydroxyl groups is 2. The van der Waals surface area contributed by atoms with Crippen molar-refractivity contribution in [2.24, 2.45) is 0 Å². The number of phenols is 1. The summed E-state index contributed by atoms with van der Waals surface area (Å²) in [5.74, 6) is -0.899. The van der Waals surface area contributed by atoms with Crippen LogP contribution in [0.1, 0.15) is 49.2 Å². The van der Waals surface area contributed by atoms with Crippen LogP contribution in [0.4, 0.5) is 10.5 Å². The van der Waals surface area contributed by atoms with Gasteiger partial charge in [-0.15, -0.1) is 0 Å². The van der Waals surface area contributed by atoms with E-state index in [4.69, 9.17) is 28.1 Å². The Morgan fingerprint density at radius 3 is 2.51 bits per heavy atom. The minimum absolute atomic E-state index is 0.0210. The maximum absolute atomic E-state index is 13.0. The SMILES string of the molecule is CO[C@@H]1[C@H]2OC(=O)O[C@H]2[C@H](Oc2ccc3c(O)c(NC(=O)c4ccc(O)c(CC=C(C)C)c4)c(=O)oc3c2C)OC1(C)C. The Labute approximate surface area is 246 Å². The van der Waals surface area contributed by atoms with Crippen molar-refractivity contribution in [3.8, 4) is 17.2 Å². The van der Waals surface area contributed by atoms with Gasteiger partial charge >= 0.3 is 11.8 Å². The first-order valence-electron chi connectivity index (χ1n) is 13.6. The van der Waals surface area contributed by atoms with Crippen molar-refractivity contribution in [2.75, 3.05) is 12.4 Å². The third-order valence-corrected chi connectivity index (χ3v) is 7.51. The van der Waals surface area contributed by atoms with E-state index in [0.717, 1.165) is 5.57 Å². The zero-order valence-electron chi connectivity index (χ0n) is 24.5. The molecule has 3 aromatic rings. The maximum atomic E-state index is 13.0. The summed E-state index contributed by atoms with van der Waals surface area (Å²) in [6.07, 6.45) is -1.96. The van der Waals surface area contributed by atoms with Crippen LogP contribution < -0.4 is 15.7 Å². The molecule has 1 amide bonds. The molecule has 2 aliphatic rings. The molecule has 3 N–H and O–H groups in total. The average molecular weight is 596 g/mol. The van der Waals surface area contributed by atoms with Crippen molar-refractivity contribution >= 4 is 28.7 Å². The molecule has 2 aromatic carbocycles. The molecular formula is C31H33NO11. The van der Waals surface area contributed by atoms with Crippen molar-refractivity contribution in [2.45, 2.75) is 71.2 Å². The Morgan fingerprint density at radius 1 is 1.09 bits per heavy atom. The number of benzene rings is 2. The highest BCUT2D eigenvalue weighted by molar-refractivity contribution is 6.06. The monoisotopic (exact) mass is 595 g/mol. The van der Waals surface area contributed by atoms with Crippen LogP contribution in [-0.2, 0) is 25.4 Å². The van der Waals surface area contributed by atoms with E-state index in [-0.39, 0.29) is 28.0 Å². The summed E-state index contributed by atoms with van der Waals surface area (Å²) in [5, 5.41) is 23.7. The summed E-state index contributed by atoms with van der Waals surface area (Å²) in [4.78, 5) is 37.9. The van der Waals surface area contributed by atoms with Crippen LogP contribution in [0.2, 0.25) is 0 Å². The number of fused-ring (bicyclic) bond motifs is 2. The summed E-state index contributed by atoms with van der Waals surface area (Å²) in [6.45, 7) is 8.99. The molecule has 5 rings (SSSR count). The number of anilines is 1. The van der Waals surface area contributed by atoms with Gasteiger partial charge in [0.25, 0.3) is 5.91 Å². The molecule has 4 atom stereocenters. The van der Waals surface area contributed by atoms with Crippen molar-refractivity contribution < 1.29 is 47.9 Å². The fourth-order valence-electron chi connectivity index (χ4n) is 5.29. The van der Waals surface area contributed by atoms with Crippen molar-refractivity contribution in [3.05, 3.63) is 69.1 Å². The van der Waals surface area contributed by atoms with Crippen LogP contribution in [-0.4, -0.2) is 59.6 Å². The third-order valence-electron chi connectivity index (χ3n) is 7.51. The standard InChI is InChI=1S/C31H33NO11/c1-14(2)7-8-16-13-17(9-11-19(16)33)27(35)32-21-22(34)18-10-12-20(15(3)23(18)40-28(21)36)39-29-25-24(41-30(37)42-25)26(38-6)31(4,5)43-29/h7,9-13,24-26,29,33-34H,8H2,1-6H3,(H,32,35)/t24-,25+,26+,29+/m0/s1. The predicted molar refractivity (Wildman–Crippen MR) is 154 cm³/mol. The predicted octanol–water partition coefficient (Wildman–Crippen LogP) is 4.71. The smallest absolute Gasteiger partial charge is 0.508 e. The van der Waals surface area contributed by atoms with Crippen molar-refractivity contribution in [1.29, 1.82) is 0 Å². The molecule has 3 heterocycles. The lowest BCUT2D eigenvalue weighted by atomic mass is 9.89. The molecule has 2 fully saturated rings. The second kappa shape index (κ2) is 11.3.